The van der Waals surface area contributed by atoms with Crippen LogP contribution in [0, 0.1) is 5.41 Å². The van der Waals surface area contributed by atoms with E-state index in [1.165, 1.54) is 38.5 Å². The Labute approximate surface area is 123 Å². The fourth-order valence-corrected chi connectivity index (χ4v) is 2.21. The highest BCUT2D eigenvalue weighted by Crippen LogP contribution is 2.42. The van der Waals surface area contributed by atoms with Gasteiger partial charge in [0.15, 0.2) is 5.96 Å². The van der Waals surface area contributed by atoms with E-state index >= 15 is 0 Å². The van der Waals surface area contributed by atoms with Gasteiger partial charge in [0.05, 0.1) is 0 Å². The smallest absolute Gasteiger partial charge is 0.190 e. The van der Waals surface area contributed by atoms with Gasteiger partial charge in [0.25, 0.3) is 0 Å². The van der Waals surface area contributed by atoms with E-state index in [0.29, 0.717) is 5.41 Å². The number of hydrogen-bond acceptors (Lipinski definition) is 1. The maximum absolute atomic E-state index is 4.25. The van der Waals surface area contributed by atoms with E-state index in [4.69, 9.17) is 0 Å². The minimum atomic E-state index is 0. The largest absolute Gasteiger partial charge is 0.356 e. The number of guanidine groups is 1. The molecule has 2 N–H and O–H groups in total. The topological polar surface area (TPSA) is 36.4 Å². The Morgan fingerprint density at radius 1 is 1.24 bits per heavy atom. The third-order valence-electron chi connectivity index (χ3n) is 3.84. The minimum Gasteiger partial charge on any atom is -0.356 e. The molecule has 0 saturated heterocycles. The molecule has 0 atom stereocenters. The summed E-state index contributed by atoms with van der Waals surface area (Å²) in [6, 6.07) is 0. The van der Waals surface area contributed by atoms with Gasteiger partial charge in [-0.1, -0.05) is 26.7 Å². The first kappa shape index (κ1) is 17.0. The summed E-state index contributed by atoms with van der Waals surface area (Å²) in [7, 11) is 1.85. The van der Waals surface area contributed by atoms with Crippen LogP contribution in [0.4, 0.5) is 0 Å². The number of halogens is 1. The molecule has 4 heteroatoms. The fraction of sp³-hybridized carbons (Fsp3) is 0.923. The average Bonchev–Trinajstić information content (AvgIpc) is 2.26. The number of unbranched alkanes of at least 4 members (excludes halogenated alkanes) is 1. The SMILES string of the molecule is CCCCNC(=NC)NCC1(CC)CCC1.I. The van der Waals surface area contributed by atoms with Gasteiger partial charge in [0.2, 0.25) is 0 Å². The molecule has 17 heavy (non-hydrogen) atoms. The minimum absolute atomic E-state index is 0. The van der Waals surface area contributed by atoms with Crippen LogP contribution in [0.15, 0.2) is 4.99 Å². The number of hydrogen-bond donors (Lipinski definition) is 2. The molecule has 0 radical (unpaired) electrons. The van der Waals surface area contributed by atoms with E-state index in [9.17, 15) is 0 Å². The molecular formula is C13H28IN3. The van der Waals surface area contributed by atoms with E-state index in [2.05, 4.69) is 29.5 Å². The Kier molecular flexibility index (Phi) is 9.00. The molecule has 0 aromatic heterocycles. The lowest BCUT2D eigenvalue weighted by Crippen LogP contribution is -2.46. The molecule has 1 fully saturated rings. The van der Waals surface area contributed by atoms with Crippen LogP contribution in [0.2, 0.25) is 0 Å². The monoisotopic (exact) mass is 353 g/mol. The molecule has 0 bridgehead atoms. The summed E-state index contributed by atoms with van der Waals surface area (Å²) < 4.78 is 0. The highest BCUT2D eigenvalue weighted by atomic mass is 127. The summed E-state index contributed by atoms with van der Waals surface area (Å²) in [6.07, 6.45) is 7.87. The van der Waals surface area contributed by atoms with E-state index < -0.39 is 0 Å². The molecule has 0 aromatic carbocycles. The van der Waals surface area contributed by atoms with Gasteiger partial charge in [-0.25, -0.2) is 0 Å². The van der Waals surface area contributed by atoms with E-state index in [1.807, 2.05) is 7.05 Å². The van der Waals surface area contributed by atoms with Gasteiger partial charge >= 0.3 is 0 Å². The average molecular weight is 353 g/mol. The Morgan fingerprint density at radius 3 is 2.35 bits per heavy atom. The van der Waals surface area contributed by atoms with Crippen molar-refractivity contribution in [2.24, 2.45) is 10.4 Å². The lowest BCUT2D eigenvalue weighted by atomic mass is 9.67. The van der Waals surface area contributed by atoms with Crippen molar-refractivity contribution >= 4 is 29.9 Å². The molecule has 0 unspecified atom stereocenters. The molecule has 1 aliphatic carbocycles. The van der Waals surface area contributed by atoms with Crippen molar-refractivity contribution in [3.05, 3.63) is 0 Å². The second kappa shape index (κ2) is 9.00. The van der Waals surface area contributed by atoms with Crippen LogP contribution >= 0.6 is 24.0 Å². The summed E-state index contributed by atoms with van der Waals surface area (Å²) in [6.45, 7) is 6.61. The highest BCUT2D eigenvalue weighted by molar-refractivity contribution is 14.0. The maximum atomic E-state index is 4.25. The van der Waals surface area contributed by atoms with Crippen molar-refractivity contribution in [1.29, 1.82) is 0 Å². The molecule has 1 saturated carbocycles. The third kappa shape index (κ3) is 5.44. The number of nitrogens with one attached hydrogen (secondary N) is 2. The number of rotatable bonds is 6. The van der Waals surface area contributed by atoms with Crippen molar-refractivity contribution in [1.82, 2.24) is 10.6 Å². The second-order valence-electron chi connectivity index (χ2n) is 4.91. The molecule has 0 spiro atoms. The number of nitrogens with zero attached hydrogens (tertiary/aromatic N) is 1. The summed E-state index contributed by atoms with van der Waals surface area (Å²) in [5.41, 5.74) is 0.558. The van der Waals surface area contributed by atoms with Crippen LogP contribution in [-0.2, 0) is 0 Å². The van der Waals surface area contributed by atoms with Crippen LogP contribution in [-0.4, -0.2) is 26.1 Å². The molecule has 1 aliphatic rings. The molecule has 3 nitrogen and oxygen atoms in total. The predicted molar refractivity (Wildman–Crippen MR) is 86.3 cm³/mol. The lowest BCUT2D eigenvalue weighted by molar-refractivity contribution is 0.131. The first-order valence-electron chi connectivity index (χ1n) is 6.71. The van der Waals surface area contributed by atoms with Crippen molar-refractivity contribution in [3.63, 3.8) is 0 Å². The second-order valence-corrected chi connectivity index (χ2v) is 4.91. The molecule has 0 amide bonds. The number of aliphatic imine (C=N–C) groups is 1. The van der Waals surface area contributed by atoms with Crippen molar-refractivity contribution in [2.75, 3.05) is 20.1 Å². The van der Waals surface area contributed by atoms with E-state index in [0.717, 1.165) is 19.0 Å². The Morgan fingerprint density at radius 2 is 1.94 bits per heavy atom. The van der Waals surface area contributed by atoms with Crippen LogP contribution in [0.5, 0.6) is 0 Å². The lowest BCUT2D eigenvalue weighted by Gasteiger charge is -2.41. The van der Waals surface area contributed by atoms with Crippen molar-refractivity contribution in [3.8, 4) is 0 Å². The van der Waals surface area contributed by atoms with Gasteiger partial charge in [-0.05, 0) is 31.1 Å². The maximum Gasteiger partial charge on any atom is 0.190 e. The molecular weight excluding hydrogens is 325 g/mol. The van der Waals surface area contributed by atoms with Gasteiger partial charge in [0, 0.05) is 20.1 Å². The van der Waals surface area contributed by atoms with E-state index in [1.54, 1.807) is 0 Å². The molecule has 0 aromatic rings. The molecule has 102 valence electrons. The zero-order valence-corrected chi connectivity index (χ0v) is 13.8. The normalized spacial score (nSPS) is 17.9. The van der Waals surface area contributed by atoms with Crippen LogP contribution < -0.4 is 10.6 Å². The van der Waals surface area contributed by atoms with E-state index in [-0.39, 0.29) is 24.0 Å². The van der Waals surface area contributed by atoms with Crippen molar-refractivity contribution < 1.29 is 0 Å². The van der Waals surface area contributed by atoms with Gasteiger partial charge in [-0.3, -0.25) is 4.99 Å². The predicted octanol–water partition coefficient (Wildman–Crippen LogP) is 3.15. The van der Waals surface area contributed by atoms with Gasteiger partial charge in [-0.15, -0.1) is 24.0 Å². The Bertz CT molecular complexity index is 219. The Balaban J connectivity index is 0.00000256. The highest BCUT2D eigenvalue weighted by Gasteiger charge is 2.34. The van der Waals surface area contributed by atoms with Gasteiger partial charge in [-0.2, -0.15) is 0 Å². The fourth-order valence-electron chi connectivity index (χ4n) is 2.21. The standard InChI is InChI=1S/C13H27N3.HI/c1-4-6-10-15-12(14-3)16-11-13(5-2)8-7-9-13;/h4-11H2,1-3H3,(H2,14,15,16);1H. The van der Waals surface area contributed by atoms with Crippen LogP contribution in [0.3, 0.4) is 0 Å². The summed E-state index contributed by atoms with van der Waals surface area (Å²) in [4.78, 5) is 4.25. The third-order valence-corrected chi connectivity index (χ3v) is 3.84. The molecule has 1 rings (SSSR count). The zero-order chi connectivity index (χ0) is 11.9. The van der Waals surface area contributed by atoms with Crippen LogP contribution in [0.25, 0.3) is 0 Å². The molecule has 0 heterocycles. The van der Waals surface area contributed by atoms with Gasteiger partial charge < -0.3 is 10.6 Å². The summed E-state index contributed by atoms with van der Waals surface area (Å²) in [5.74, 6) is 0.966. The summed E-state index contributed by atoms with van der Waals surface area (Å²) in [5, 5.41) is 6.81. The Hall–Kier alpha value is 0. The quantitative estimate of drug-likeness (QED) is 0.333. The molecule has 0 aliphatic heterocycles. The van der Waals surface area contributed by atoms with Gasteiger partial charge in [0.1, 0.15) is 0 Å². The first-order chi connectivity index (χ1) is 7.76. The first-order valence-corrected chi connectivity index (χ1v) is 6.71. The van der Waals surface area contributed by atoms with Crippen molar-refractivity contribution in [2.45, 2.75) is 52.4 Å². The van der Waals surface area contributed by atoms with Crippen LogP contribution in [0.1, 0.15) is 52.4 Å². The zero-order valence-electron chi connectivity index (χ0n) is 11.5. The summed E-state index contributed by atoms with van der Waals surface area (Å²) >= 11 is 0.